The van der Waals surface area contributed by atoms with Gasteiger partial charge in [-0.05, 0) is 97.7 Å². The average Bonchev–Trinajstić information content (AvgIpc) is 2.79. The van der Waals surface area contributed by atoms with Crippen molar-refractivity contribution in [2.24, 2.45) is 5.92 Å². The van der Waals surface area contributed by atoms with Crippen LogP contribution >= 0.6 is 23.5 Å². The summed E-state index contributed by atoms with van der Waals surface area (Å²) in [6.45, 7) is 3.36. The molecule has 2 nitrogen and oxygen atoms in total. The number of thioether (sulfide) groups is 1. The Bertz CT molecular complexity index is 987. The van der Waals surface area contributed by atoms with Gasteiger partial charge in [0.05, 0.1) is 6.10 Å². The Morgan fingerprint density at radius 1 is 1.00 bits per heavy atom. The molecule has 1 saturated carbocycles. The minimum atomic E-state index is -0.160. The number of halogens is 1. The lowest BCUT2D eigenvalue weighted by atomic mass is 9.85. The van der Waals surface area contributed by atoms with Gasteiger partial charge in [-0.2, -0.15) is 0 Å². The van der Waals surface area contributed by atoms with E-state index in [2.05, 4.69) is 29.4 Å². The molecule has 5 rings (SSSR count). The van der Waals surface area contributed by atoms with Crippen LogP contribution in [0.1, 0.15) is 49.7 Å². The summed E-state index contributed by atoms with van der Waals surface area (Å²) < 4.78 is 14.0. The molecule has 1 saturated heterocycles. The smallest absolute Gasteiger partial charge is 0.124 e. The highest BCUT2D eigenvalue weighted by molar-refractivity contribution is 7.99. The first-order valence-electron chi connectivity index (χ1n) is 11.4. The Balaban J connectivity index is 1.41. The first-order valence-corrected chi connectivity index (χ1v) is 13.4. The van der Waals surface area contributed by atoms with Gasteiger partial charge in [0.25, 0.3) is 0 Å². The van der Waals surface area contributed by atoms with Crippen LogP contribution in [0.15, 0.2) is 56.7 Å². The van der Waals surface area contributed by atoms with Gasteiger partial charge in [0.1, 0.15) is 5.82 Å². The fraction of sp³-hybridized carbons (Fsp3) is 0.462. The first kappa shape index (κ1) is 21.6. The van der Waals surface area contributed by atoms with E-state index < -0.39 is 0 Å². The lowest BCUT2D eigenvalue weighted by Crippen LogP contribution is -2.36. The minimum Gasteiger partial charge on any atom is -0.393 e. The van der Waals surface area contributed by atoms with Crippen LogP contribution < -0.4 is 0 Å². The normalized spacial score (nSPS) is 24.1. The topological polar surface area (TPSA) is 23.5 Å². The number of hydrogen-bond acceptors (Lipinski definition) is 4. The average molecular weight is 456 g/mol. The van der Waals surface area contributed by atoms with Crippen LogP contribution in [0.25, 0.3) is 5.57 Å². The highest BCUT2D eigenvalue weighted by Gasteiger charge is 2.28. The summed E-state index contributed by atoms with van der Waals surface area (Å²) in [5, 5.41) is 9.78. The van der Waals surface area contributed by atoms with Crippen molar-refractivity contribution in [2.75, 3.05) is 25.9 Å². The lowest BCUT2D eigenvalue weighted by Gasteiger charge is -2.35. The maximum absolute atomic E-state index is 14.0. The summed E-state index contributed by atoms with van der Waals surface area (Å²) in [7, 11) is 0. The molecule has 0 spiro atoms. The molecule has 2 aromatic rings. The van der Waals surface area contributed by atoms with Gasteiger partial charge in [-0.1, -0.05) is 23.4 Å². The number of rotatable bonds is 3. The number of nitrogens with zero attached hydrogens (tertiary/aromatic N) is 1. The Hall–Kier alpha value is -1.27. The molecule has 2 aromatic carbocycles. The zero-order valence-corrected chi connectivity index (χ0v) is 19.7. The lowest BCUT2D eigenvalue weighted by molar-refractivity contribution is 0.0923. The molecular weight excluding hydrogens is 425 g/mol. The van der Waals surface area contributed by atoms with Crippen LogP contribution in [-0.2, 0) is 0 Å². The molecule has 0 bridgehead atoms. The molecule has 0 aromatic heterocycles. The van der Waals surface area contributed by atoms with E-state index >= 15 is 0 Å². The molecule has 0 unspecified atom stereocenters. The maximum atomic E-state index is 14.0. The van der Waals surface area contributed by atoms with Gasteiger partial charge in [-0.25, -0.2) is 4.39 Å². The van der Waals surface area contributed by atoms with Gasteiger partial charge in [-0.15, -0.1) is 11.8 Å². The largest absolute Gasteiger partial charge is 0.393 e. The van der Waals surface area contributed by atoms with Crippen molar-refractivity contribution in [3.05, 3.63) is 58.9 Å². The summed E-state index contributed by atoms with van der Waals surface area (Å²) in [6, 6.07) is 12.0. The third kappa shape index (κ3) is 4.61. The molecule has 1 N–H and O–H groups in total. The molecule has 5 heteroatoms. The molecule has 0 amide bonds. The Labute approximate surface area is 193 Å². The predicted octanol–water partition coefficient (Wildman–Crippen LogP) is 6.46. The van der Waals surface area contributed by atoms with Crippen molar-refractivity contribution in [2.45, 2.75) is 59.3 Å². The molecular formula is C26H30FNOS2. The van der Waals surface area contributed by atoms with Crippen molar-refractivity contribution in [3.63, 3.8) is 0 Å². The van der Waals surface area contributed by atoms with Crippen molar-refractivity contribution < 1.29 is 9.50 Å². The third-order valence-corrected chi connectivity index (χ3v) is 8.89. The molecule has 0 radical (unpaired) electrons. The number of hydrogen-bond donors (Lipinski definition) is 1. The van der Waals surface area contributed by atoms with E-state index in [1.165, 1.54) is 38.6 Å². The zero-order valence-electron chi connectivity index (χ0n) is 18.1. The minimum absolute atomic E-state index is 0.0748. The molecule has 1 aliphatic carbocycles. The summed E-state index contributed by atoms with van der Waals surface area (Å²) in [6.07, 6.45) is 8.45. The van der Waals surface area contributed by atoms with E-state index in [1.807, 2.05) is 6.07 Å². The van der Waals surface area contributed by atoms with Gasteiger partial charge >= 0.3 is 0 Å². The second-order valence-electron chi connectivity index (χ2n) is 9.06. The van der Waals surface area contributed by atoms with Crippen LogP contribution in [0.2, 0.25) is 0 Å². The molecule has 31 heavy (non-hydrogen) atoms. The molecule has 0 atom stereocenters. The number of likely N-dealkylation sites (tertiary alicyclic amines) is 1. The third-order valence-electron chi connectivity index (χ3n) is 7.03. The van der Waals surface area contributed by atoms with E-state index in [0.29, 0.717) is 0 Å². The van der Waals surface area contributed by atoms with Crippen LogP contribution in [0.5, 0.6) is 0 Å². The fourth-order valence-electron chi connectivity index (χ4n) is 5.30. The highest BCUT2D eigenvalue weighted by atomic mass is 32.2. The number of fused-ring (bicyclic) bond motifs is 2. The standard InChI is InChI=1S/C26H30FNOS2/c1-30-21-7-9-24-23(15-21)26(22-8-4-19(27)14-25(22)31-24)18-10-12-28(13-11-18)16-17-2-5-20(29)6-3-17/h4,7-9,14-15,17,20,29H,2-3,5-6,10-13,16H2,1H3/t17-,20-. The Kier molecular flexibility index (Phi) is 6.47. The number of aliphatic hydroxyl groups excluding tert-OH is 1. The van der Waals surface area contributed by atoms with E-state index in [1.54, 1.807) is 35.7 Å². The molecule has 2 aliphatic heterocycles. The maximum Gasteiger partial charge on any atom is 0.124 e. The van der Waals surface area contributed by atoms with Gasteiger partial charge < -0.3 is 10.0 Å². The van der Waals surface area contributed by atoms with Crippen molar-refractivity contribution in [3.8, 4) is 0 Å². The van der Waals surface area contributed by atoms with Crippen LogP contribution in [0.3, 0.4) is 0 Å². The van der Waals surface area contributed by atoms with Gasteiger partial charge in [0, 0.05) is 34.3 Å². The van der Waals surface area contributed by atoms with Crippen molar-refractivity contribution >= 4 is 29.1 Å². The van der Waals surface area contributed by atoms with Crippen LogP contribution in [-0.4, -0.2) is 42.0 Å². The summed E-state index contributed by atoms with van der Waals surface area (Å²) in [5.74, 6) is 0.574. The fourth-order valence-corrected chi connectivity index (χ4v) is 6.84. The van der Waals surface area contributed by atoms with E-state index in [-0.39, 0.29) is 11.9 Å². The second kappa shape index (κ2) is 9.30. The first-order chi connectivity index (χ1) is 15.1. The predicted molar refractivity (Wildman–Crippen MR) is 128 cm³/mol. The van der Waals surface area contributed by atoms with Crippen molar-refractivity contribution in [1.82, 2.24) is 4.90 Å². The highest BCUT2D eigenvalue weighted by Crippen LogP contribution is 2.48. The van der Waals surface area contributed by atoms with Gasteiger partial charge in [0.15, 0.2) is 0 Å². The van der Waals surface area contributed by atoms with Gasteiger partial charge in [0.2, 0.25) is 0 Å². The molecule has 2 fully saturated rings. The monoisotopic (exact) mass is 455 g/mol. The van der Waals surface area contributed by atoms with Gasteiger partial charge in [-0.3, -0.25) is 0 Å². The Morgan fingerprint density at radius 2 is 1.77 bits per heavy atom. The summed E-state index contributed by atoms with van der Waals surface area (Å²) >= 11 is 3.47. The van der Waals surface area contributed by atoms with Crippen molar-refractivity contribution in [1.29, 1.82) is 0 Å². The SMILES string of the molecule is CSc1ccc2c(c1)C(=C1CCN(C[C@H]3CC[C@H](O)CC3)CC1)c1ccc(F)cc1S2. The number of aliphatic hydroxyl groups is 1. The van der Waals surface area contributed by atoms with E-state index in [9.17, 15) is 9.50 Å². The number of piperidine rings is 1. The van der Waals surface area contributed by atoms with E-state index in [4.69, 9.17) is 0 Å². The Morgan fingerprint density at radius 3 is 2.52 bits per heavy atom. The quantitative estimate of drug-likeness (QED) is 0.458. The summed E-state index contributed by atoms with van der Waals surface area (Å²) in [4.78, 5) is 6.17. The molecule has 2 heterocycles. The second-order valence-corrected chi connectivity index (χ2v) is 11.0. The van der Waals surface area contributed by atoms with Crippen LogP contribution in [0.4, 0.5) is 4.39 Å². The number of benzene rings is 2. The van der Waals surface area contributed by atoms with E-state index in [0.717, 1.165) is 62.4 Å². The van der Waals surface area contributed by atoms with Crippen LogP contribution in [0, 0.1) is 11.7 Å². The molecule has 164 valence electrons. The summed E-state index contributed by atoms with van der Waals surface area (Å²) in [5.41, 5.74) is 5.38. The molecule has 3 aliphatic rings. The zero-order chi connectivity index (χ0) is 21.4.